The average Bonchev–Trinajstić information content (AvgIpc) is 2.91. The lowest BCUT2D eigenvalue weighted by Crippen LogP contribution is -2.14. The number of nitrogens with one attached hydrogen (secondary N) is 1. The first-order chi connectivity index (χ1) is 9.20. The number of rotatable bonds is 3. The highest BCUT2D eigenvalue weighted by molar-refractivity contribution is 7.08. The van der Waals surface area contributed by atoms with Gasteiger partial charge in [0.25, 0.3) is 5.91 Å². The Kier molecular flexibility index (Phi) is 4.06. The van der Waals surface area contributed by atoms with Crippen molar-refractivity contribution in [2.75, 3.05) is 5.32 Å². The van der Waals surface area contributed by atoms with Gasteiger partial charge in [-0.3, -0.25) is 4.79 Å². The molecule has 0 aliphatic carbocycles. The van der Waals surface area contributed by atoms with Gasteiger partial charge in [0.15, 0.2) is 0 Å². The van der Waals surface area contributed by atoms with E-state index >= 15 is 0 Å². The normalized spacial score (nSPS) is 10.8. The molecule has 0 aliphatic heterocycles. The van der Waals surface area contributed by atoms with E-state index in [0.717, 1.165) is 5.56 Å². The summed E-state index contributed by atoms with van der Waals surface area (Å²) in [5.74, 6) is -1.16. The first-order valence-electron chi connectivity index (χ1n) is 5.40. The molecule has 0 saturated carbocycles. The topological polar surface area (TPSA) is 52.9 Å². The number of para-hydroxylation sites is 1. The summed E-state index contributed by atoms with van der Waals surface area (Å²) in [6.07, 6.45) is 1.46. The Labute approximate surface area is 113 Å². The van der Waals surface area contributed by atoms with Gasteiger partial charge in [-0.25, -0.2) is 4.39 Å². The van der Waals surface area contributed by atoms with Crippen molar-refractivity contribution in [3.05, 3.63) is 58.0 Å². The van der Waals surface area contributed by atoms with Crippen molar-refractivity contribution >= 4 is 29.0 Å². The molecular weight excluding hydrogens is 263 g/mol. The fourth-order valence-corrected chi connectivity index (χ4v) is 2.04. The number of thiophene rings is 1. The van der Waals surface area contributed by atoms with Gasteiger partial charge in [0.05, 0.1) is 5.69 Å². The average molecular weight is 272 g/mol. The summed E-state index contributed by atoms with van der Waals surface area (Å²) in [6, 6.07) is 9.41. The molecule has 0 unspecified atom stereocenters. The van der Waals surface area contributed by atoms with E-state index in [1.54, 1.807) is 12.1 Å². The Balaban J connectivity index is 2.19. The molecule has 0 aliphatic rings. The van der Waals surface area contributed by atoms with E-state index in [4.69, 9.17) is 5.26 Å². The number of carbonyl (C=O) groups is 1. The van der Waals surface area contributed by atoms with E-state index in [1.165, 1.54) is 35.6 Å². The molecule has 1 N–H and O–H groups in total. The van der Waals surface area contributed by atoms with Crippen molar-refractivity contribution in [3.63, 3.8) is 0 Å². The van der Waals surface area contributed by atoms with Crippen molar-refractivity contribution < 1.29 is 9.18 Å². The summed E-state index contributed by atoms with van der Waals surface area (Å²) in [6.45, 7) is 0. The number of halogens is 1. The molecule has 0 saturated heterocycles. The number of benzene rings is 1. The Morgan fingerprint density at radius 1 is 1.37 bits per heavy atom. The van der Waals surface area contributed by atoms with E-state index < -0.39 is 11.7 Å². The zero-order valence-corrected chi connectivity index (χ0v) is 10.6. The second kappa shape index (κ2) is 5.94. The van der Waals surface area contributed by atoms with Crippen molar-refractivity contribution in [2.45, 2.75) is 0 Å². The SMILES string of the molecule is N#C/C(=C/c1ccsc1)C(=O)Nc1ccccc1F. The lowest BCUT2D eigenvalue weighted by atomic mass is 10.2. The lowest BCUT2D eigenvalue weighted by Gasteiger charge is -2.04. The van der Waals surface area contributed by atoms with Gasteiger partial charge in [-0.05, 0) is 40.6 Å². The smallest absolute Gasteiger partial charge is 0.266 e. The fourth-order valence-electron chi connectivity index (χ4n) is 1.42. The number of carbonyl (C=O) groups excluding carboxylic acids is 1. The minimum absolute atomic E-state index is 0.0546. The van der Waals surface area contributed by atoms with E-state index in [0.29, 0.717) is 0 Å². The number of amides is 1. The summed E-state index contributed by atoms with van der Waals surface area (Å²) in [4.78, 5) is 11.9. The first kappa shape index (κ1) is 13.0. The molecule has 2 aromatic rings. The largest absolute Gasteiger partial charge is 0.319 e. The van der Waals surface area contributed by atoms with Crippen LogP contribution in [0.5, 0.6) is 0 Å². The van der Waals surface area contributed by atoms with Crippen LogP contribution in [0.25, 0.3) is 6.08 Å². The number of hydrogen-bond acceptors (Lipinski definition) is 3. The molecule has 1 aromatic heterocycles. The molecule has 19 heavy (non-hydrogen) atoms. The molecule has 0 bridgehead atoms. The van der Waals surface area contributed by atoms with E-state index in [9.17, 15) is 9.18 Å². The van der Waals surface area contributed by atoms with Gasteiger partial charge in [-0.15, -0.1) is 0 Å². The van der Waals surface area contributed by atoms with Crippen molar-refractivity contribution in [2.24, 2.45) is 0 Å². The fraction of sp³-hybridized carbons (Fsp3) is 0. The van der Waals surface area contributed by atoms with Crippen LogP contribution in [-0.4, -0.2) is 5.91 Å². The van der Waals surface area contributed by atoms with Gasteiger partial charge in [0.2, 0.25) is 0 Å². The van der Waals surface area contributed by atoms with Crippen LogP contribution in [-0.2, 0) is 4.79 Å². The highest BCUT2D eigenvalue weighted by Crippen LogP contribution is 2.15. The number of nitriles is 1. The first-order valence-corrected chi connectivity index (χ1v) is 6.35. The Hall–Kier alpha value is -2.45. The number of nitrogens with zero attached hydrogens (tertiary/aromatic N) is 1. The number of anilines is 1. The highest BCUT2D eigenvalue weighted by Gasteiger charge is 2.11. The minimum Gasteiger partial charge on any atom is -0.319 e. The number of hydrogen-bond donors (Lipinski definition) is 1. The van der Waals surface area contributed by atoms with Crippen molar-refractivity contribution in [1.29, 1.82) is 5.26 Å². The Bertz CT molecular complexity index is 656. The van der Waals surface area contributed by atoms with E-state index in [-0.39, 0.29) is 11.3 Å². The van der Waals surface area contributed by atoms with Crippen LogP contribution in [0.2, 0.25) is 0 Å². The third-order valence-electron chi connectivity index (χ3n) is 2.34. The second-order valence-electron chi connectivity index (χ2n) is 3.66. The summed E-state index contributed by atoms with van der Waals surface area (Å²) >= 11 is 1.46. The van der Waals surface area contributed by atoms with Crippen LogP contribution >= 0.6 is 11.3 Å². The molecule has 5 heteroatoms. The summed E-state index contributed by atoms with van der Waals surface area (Å²) in [5.41, 5.74) is 0.755. The molecule has 94 valence electrons. The molecular formula is C14H9FN2OS. The zero-order chi connectivity index (χ0) is 13.7. The zero-order valence-electron chi connectivity index (χ0n) is 9.76. The molecule has 1 amide bonds. The Morgan fingerprint density at radius 3 is 2.79 bits per heavy atom. The third kappa shape index (κ3) is 3.27. The van der Waals surface area contributed by atoms with Gasteiger partial charge >= 0.3 is 0 Å². The molecule has 1 heterocycles. The van der Waals surface area contributed by atoms with Gasteiger partial charge in [0, 0.05) is 0 Å². The van der Waals surface area contributed by atoms with Crippen LogP contribution in [0.1, 0.15) is 5.56 Å². The van der Waals surface area contributed by atoms with Crippen molar-refractivity contribution in [3.8, 4) is 6.07 Å². The molecule has 0 fully saturated rings. The second-order valence-corrected chi connectivity index (χ2v) is 4.44. The molecule has 3 nitrogen and oxygen atoms in total. The third-order valence-corrected chi connectivity index (χ3v) is 3.04. The van der Waals surface area contributed by atoms with Gasteiger partial charge in [-0.1, -0.05) is 12.1 Å². The monoisotopic (exact) mass is 272 g/mol. The van der Waals surface area contributed by atoms with Gasteiger partial charge in [0.1, 0.15) is 17.5 Å². The quantitative estimate of drug-likeness (QED) is 0.687. The predicted octanol–water partition coefficient (Wildman–Crippen LogP) is 3.43. The Morgan fingerprint density at radius 2 is 2.16 bits per heavy atom. The van der Waals surface area contributed by atoms with Crippen LogP contribution < -0.4 is 5.32 Å². The van der Waals surface area contributed by atoms with Crippen LogP contribution in [0, 0.1) is 17.1 Å². The maximum Gasteiger partial charge on any atom is 0.266 e. The minimum atomic E-state index is -0.626. The summed E-state index contributed by atoms with van der Waals surface area (Å²) in [7, 11) is 0. The highest BCUT2D eigenvalue weighted by atomic mass is 32.1. The predicted molar refractivity (Wildman–Crippen MR) is 72.9 cm³/mol. The van der Waals surface area contributed by atoms with Crippen LogP contribution in [0.4, 0.5) is 10.1 Å². The van der Waals surface area contributed by atoms with E-state index in [2.05, 4.69) is 5.32 Å². The molecule has 0 spiro atoms. The standard InChI is InChI=1S/C14H9FN2OS/c15-12-3-1-2-4-13(12)17-14(18)11(8-16)7-10-5-6-19-9-10/h1-7,9H,(H,17,18)/b11-7-. The van der Waals surface area contributed by atoms with Crippen LogP contribution in [0.3, 0.4) is 0 Å². The molecule has 1 aromatic carbocycles. The van der Waals surface area contributed by atoms with Crippen LogP contribution in [0.15, 0.2) is 46.7 Å². The molecule has 0 atom stereocenters. The maximum atomic E-state index is 13.4. The van der Waals surface area contributed by atoms with E-state index in [1.807, 2.05) is 16.8 Å². The summed E-state index contributed by atoms with van der Waals surface area (Å²) in [5, 5.41) is 15.0. The molecule has 0 radical (unpaired) electrons. The summed E-state index contributed by atoms with van der Waals surface area (Å²) < 4.78 is 13.4. The van der Waals surface area contributed by atoms with Gasteiger partial charge in [-0.2, -0.15) is 16.6 Å². The maximum absolute atomic E-state index is 13.4. The lowest BCUT2D eigenvalue weighted by molar-refractivity contribution is -0.112. The molecule has 2 rings (SSSR count). The van der Waals surface area contributed by atoms with Gasteiger partial charge < -0.3 is 5.32 Å². The van der Waals surface area contributed by atoms with Crippen molar-refractivity contribution in [1.82, 2.24) is 0 Å².